The largest absolute Gasteiger partial charge is 0.384 e. The van der Waals surface area contributed by atoms with Gasteiger partial charge in [0, 0.05) is 5.56 Å². The van der Waals surface area contributed by atoms with Crippen LogP contribution in [-0.2, 0) is 0 Å². The Hall–Kier alpha value is -2.36. The summed E-state index contributed by atoms with van der Waals surface area (Å²) in [5.41, 5.74) is 1.20. The summed E-state index contributed by atoms with van der Waals surface area (Å²) in [5, 5.41) is 21.2. The molecule has 7 heteroatoms. The molecule has 0 aliphatic heterocycles. The molecule has 1 aromatic carbocycles. The number of hydrogen-bond donors (Lipinski definition) is 3. The van der Waals surface area contributed by atoms with Crippen LogP contribution in [-0.4, -0.2) is 33.0 Å². The van der Waals surface area contributed by atoms with Gasteiger partial charge in [-0.25, -0.2) is 0 Å². The lowest BCUT2D eigenvalue weighted by Gasteiger charge is -2.05. The van der Waals surface area contributed by atoms with Crippen molar-refractivity contribution < 1.29 is 9.90 Å². The first-order chi connectivity index (χ1) is 9.20. The molecular formula is C12H9ClN4O2. The van der Waals surface area contributed by atoms with Gasteiger partial charge in [-0.15, -0.1) is 0 Å². The van der Waals surface area contributed by atoms with Crippen molar-refractivity contribution in [2.75, 3.05) is 11.9 Å². The second-order valence-electron chi connectivity index (χ2n) is 3.46. The molecule has 0 spiro atoms. The molecule has 0 atom stereocenters. The van der Waals surface area contributed by atoms with E-state index in [-0.39, 0.29) is 12.3 Å². The van der Waals surface area contributed by atoms with Crippen molar-refractivity contribution in [2.45, 2.75) is 0 Å². The fourth-order valence-corrected chi connectivity index (χ4v) is 1.50. The summed E-state index contributed by atoms with van der Waals surface area (Å²) in [4.78, 5) is 11.8. The van der Waals surface area contributed by atoms with E-state index >= 15 is 0 Å². The van der Waals surface area contributed by atoms with Gasteiger partial charge in [0.15, 0.2) is 5.69 Å². The van der Waals surface area contributed by atoms with E-state index < -0.39 is 5.91 Å². The topological polar surface area (TPSA) is 90.9 Å². The van der Waals surface area contributed by atoms with E-state index in [1.165, 1.54) is 6.20 Å². The normalized spacial score (nSPS) is 9.58. The van der Waals surface area contributed by atoms with Crippen LogP contribution in [0.3, 0.4) is 0 Å². The van der Waals surface area contributed by atoms with E-state index in [4.69, 9.17) is 16.7 Å². The number of nitrogens with zero attached hydrogens (tertiary/aromatic N) is 2. The Morgan fingerprint density at radius 3 is 3.05 bits per heavy atom. The number of anilines is 1. The maximum absolute atomic E-state index is 11.8. The fraction of sp³-hybridized carbons (Fsp3) is 0.0833. The maximum atomic E-state index is 11.8. The van der Waals surface area contributed by atoms with Gasteiger partial charge in [-0.2, -0.15) is 15.4 Å². The molecule has 0 bridgehead atoms. The number of aliphatic hydroxyl groups is 1. The molecule has 1 heterocycles. The Balaban J connectivity index is 2.22. The first-order valence-corrected chi connectivity index (χ1v) is 5.65. The Morgan fingerprint density at radius 2 is 2.37 bits per heavy atom. The van der Waals surface area contributed by atoms with Crippen molar-refractivity contribution in [2.24, 2.45) is 0 Å². The monoisotopic (exact) mass is 276 g/mol. The molecule has 1 amide bonds. The van der Waals surface area contributed by atoms with Crippen LogP contribution >= 0.6 is 11.6 Å². The highest BCUT2D eigenvalue weighted by molar-refractivity contribution is 6.33. The molecule has 0 aliphatic rings. The molecule has 1 aromatic heterocycles. The summed E-state index contributed by atoms with van der Waals surface area (Å²) < 4.78 is 0. The van der Waals surface area contributed by atoms with E-state index in [9.17, 15) is 4.79 Å². The molecular weight excluding hydrogens is 268 g/mol. The zero-order valence-electron chi connectivity index (χ0n) is 9.64. The number of H-pyrrole nitrogens is 1. The van der Waals surface area contributed by atoms with Crippen LogP contribution in [0.15, 0.2) is 24.4 Å². The van der Waals surface area contributed by atoms with Crippen molar-refractivity contribution in [3.05, 3.63) is 40.7 Å². The third-order valence-corrected chi connectivity index (χ3v) is 2.50. The molecule has 2 aromatic rings. The first kappa shape index (κ1) is 13.1. The van der Waals surface area contributed by atoms with Crippen LogP contribution in [0.25, 0.3) is 0 Å². The molecule has 0 unspecified atom stereocenters. The number of aliphatic hydroxyl groups excluding tert-OH is 1. The first-order valence-electron chi connectivity index (χ1n) is 5.27. The van der Waals surface area contributed by atoms with E-state index in [0.29, 0.717) is 16.3 Å². The molecule has 6 nitrogen and oxygen atoms in total. The molecule has 0 fully saturated rings. The van der Waals surface area contributed by atoms with E-state index in [1.807, 2.05) is 0 Å². The average Bonchev–Trinajstić information content (AvgIpc) is 2.93. The van der Waals surface area contributed by atoms with Gasteiger partial charge in [0.25, 0.3) is 5.91 Å². The lowest BCUT2D eigenvalue weighted by atomic mass is 10.2. The number of benzene rings is 1. The van der Waals surface area contributed by atoms with Gasteiger partial charge in [0.05, 0.1) is 16.9 Å². The molecule has 96 valence electrons. The number of aromatic amines is 1. The van der Waals surface area contributed by atoms with Gasteiger partial charge < -0.3 is 10.4 Å². The minimum atomic E-state index is -0.428. The van der Waals surface area contributed by atoms with Crippen molar-refractivity contribution >= 4 is 23.2 Å². The molecule has 0 saturated carbocycles. The number of hydrogen-bond acceptors (Lipinski definition) is 4. The summed E-state index contributed by atoms with van der Waals surface area (Å²) in [6.07, 6.45) is 1.30. The Kier molecular flexibility index (Phi) is 4.13. The van der Waals surface area contributed by atoms with Gasteiger partial charge in [-0.3, -0.25) is 4.79 Å². The van der Waals surface area contributed by atoms with E-state index in [2.05, 4.69) is 32.6 Å². The summed E-state index contributed by atoms with van der Waals surface area (Å²) in [6, 6.07) is 4.92. The quantitative estimate of drug-likeness (QED) is 0.715. The number of rotatable bonds is 2. The third kappa shape index (κ3) is 3.31. The standard InChI is InChI=1S/C12H9ClN4O2/c13-9-4-3-8(2-1-5-18)6-10(9)15-12(19)11-7-14-17-16-11/h3-4,6-7,18H,5H2,(H,15,19)(H,14,16,17). The SMILES string of the molecule is O=C(Nc1cc(C#CCO)ccc1Cl)c1cn[nH]n1. The Bertz CT molecular complexity index is 643. The van der Waals surface area contributed by atoms with Crippen molar-refractivity contribution in [1.29, 1.82) is 0 Å². The molecule has 2 rings (SSSR count). The van der Waals surface area contributed by atoms with Crippen LogP contribution in [0.1, 0.15) is 16.1 Å². The number of carbonyl (C=O) groups excluding carboxylic acids is 1. The maximum Gasteiger partial charge on any atom is 0.277 e. The predicted octanol–water partition coefficient (Wildman–Crippen LogP) is 1.05. The second kappa shape index (κ2) is 6.00. The van der Waals surface area contributed by atoms with Crippen molar-refractivity contribution in [3.8, 4) is 11.8 Å². The molecule has 0 radical (unpaired) electrons. The van der Waals surface area contributed by atoms with Crippen molar-refractivity contribution in [1.82, 2.24) is 15.4 Å². The predicted molar refractivity (Wildman–Crippen MR) is 69.8 cm³/mol. The van der Waals surface area contributed by atoms with Gasteiger partial charge >= 0.3 is 0 Å². The fourth-order valence-electron chi connectivity index (χ4n) is 1.34. The van der Waals surface area contributed by atoms with Gasteiger partial charge in [-0.1, -0.05) is 23.4 Å². The minimum absolute atomic E-state index is 0.155. The zero-order chi connectivity index (χ0) is 13.7. The lowest BCUT2D eigenvalue weighted by Crippen LogP contribution is -2.12. The van der Waals surface area contributed by atoms with Crippen LogP contribution < -0.4 is 5.32 Å². The van der Waals surface area contributed by atoms with Crippen LogP contribution in [0.2, 0.25) is 5.02 Å². The number of nitrogens with one attached hydrogen (secondary N) is 2. The number of halogens is 1. The Morgan fingerprint density at radius 1 is 1.53 bits per heavy atom. The summed E-state index contributed by atoms with van der Waals surface area (Å²) in [5.74, 6) is 4.81. The minimum Gasteiger partial charge on any atom is -0.384 e. The average molecular weight is 277 g/mol. The molecule has 0 aliphatic carbocycles. The smallest absolute Gasteiger partial charge is 0.277 e. The summed E-state index contributed by atoms with van der Waals surface area (Å²) in [7, 11) is 0. The molecule has 19 heavy (non-hydrogen) atoms. The van der Waals surface area contributed by atoms with E-state index in [0.717, 1.165) is 0 Å². The van der Waals surface area contributed by atoms with Gasteiger partial charge in [-0.05, 0) is 18.2 Å². The summed E-state index contributed by atoms with van der Waals surface area (Å²) in [6.45, 7) is -0.233. The second-order valence-corrected chi connectivity index (χ2v) is 3.87. The lowest BCUT2D eigenvalue weighted by molar-refractivity contribution is 0.102. The number of amides is 1. The van der Waals surface area contributed by atoms with E-state index in [1.54, 1.807) is 18.2 Å². The number of aromatic nitrogens is 3. The van der Waals surface area contributed by atoms with Gasteiger partial charge in [0.2, 0.25) is 0 Å². The van der Waals surface area contributed by atoms with Crippen LogP contribution in [0.4, 0.5) is 5.69 Å². The van der Waals surface area contributed by atoms with Crippen molar-refractivity contribution in [3.63, 3.8) is 0 Å². The molecule has 0 saturated heterocycles. The van der Waals surface area contributed by atoms with Gasteiger partial charge in [0.1, 0.15) is 6.61 Å². The summed E-state index contributed by atoms with van der Waals surface area (Å²) >= 11 is 5.98. The van der Waals surface area contributed by atoms with Crippen LogP contribution in [0.5, 0.6) is 0 Å². The highest BCUT2D eigenvalue weighted by Crippen LogP contribution is 2.23. The third-order valence-electron chi connectivity index (χ3n) is 2.17. The highest BCUT2D eigenvalue weighted by Gasteiger charge is 2.11. The van der Waals surface area contributed by atoms with Crippen LogP contribution in [0, 0.1) is 11.8 Å². The molecule has 3 N–H and O–H groups in total. The zero-order valence-corrected chi connectivity index (χ0v) is 10.4. The highest BCUT2D eigenvalue weighted by atomic mass is 35.5. The number of carbonyl (C=O) groups is 1. The Labute approximate surface area is 113 Å².